The Morgan fingerprint density at radius 3 is 2.22 bits per heavy atom. The first-order chi connectivity index (χ1) is 10.6. The number of aryl methyl sites for hydroxylation is 1. The summed E-state index contributed by atoms with van der Waals surface area (Å²) < 4.78 is 42.2. The molecule has 0 saturated carbocycles. The summed E-state index contributed by atoms with van der Waals surface area (Å²) in [5, 5.41) is 11.2. The van der Waals surface area contributed by atoms with E-state index in [0.29, 0.717) is 11.1 Å². The molecule has 1 heterocycles. The maximum atomic E-state index is 12.2. The molecule has 23 heavy (non-hydrogen) atoms. The van der Waals surface area contributed by atoms with Gasteiger partial charge in [0.05, 0.1) is 12.6 Å². The lowest BCUT2D eigenvalue weighted by Crippen LogP contribution is -2.38. The molecule has 0 saturated heterocycles. The molecular formula is C16H18F3N2O2+. The number of benzene rings is 1. The fourth-order valence-electron chi connectivity index (χ4n) is 2.45. The van der Waals surface area contributed by atoms with Crippen molar-refractivity contribution in [3.8, 4) is 5.75 Å². The van der Waals surface area contributed by atoms with Crippen molar-refractivity contribution in [2.45, 2.75) is 25.8 Å². The maximum Gasteiger partial charge on any atom is 0.573 e. The lowest BCUT2D eigenvalue weighted by molar-refractivity contribution is -0.675. The molecule has 1 aromatic heterocycles. The summed E-state index contributed by atoms with van der Waals surface area (Å²) in [5.74, 6) is -0.551. The quantitative estimate of drug-likeness (QED) is 0.878. The Kier molecular flexibility index (Phi) is 4.61. The highest BCUT2D eigenvalue weighted by atomic mass is 19.4. The van der Waals surface area contributed by atoms with E-state index >= 15 is 0 Å². The summed E-state index contributed by atoms with van der Waals surface area (Å²) in [6, 6.07) is 5.22. The monoisotopic (exact) mass is 327 g/mol. The fourth-order valence-corrected chi connectivity index (χ4v) is 2.45. The van der Waals surface area contributed by atoms with Gasteiger partial charge in [-0.2, -0.15) is 0 Å². The molecule has 1 atom stereocenters. The standard InChI is InChI=1S/C16H18F3N2O2/c1-11(2)15(22,13-8-20-10-21(3)9-13)12-4-6-14(7-5-12)23-16(17,18)19/h4-11,22H,1-3H3/q+1. The van der Waals surface area contributed by atoms with Crippen molar-refractivity contribution in [3.05, 3.63) is 54.1 Å². The second-order valence-corrected chi connectivity index (χ2v) is 5.64. The van der Waals surface area contributed by atoms with Crippen molar-refractivity contribution in [1.82, 2.24) is 4.98 Å². The van der Waals surface area contributed by atoms with Crippen LogP contribution in [0.25, 0.3) is 0 Å². The van der Waals surface area contributed by atoms with E-state index in [1.54, 1.807) is 30.3 Å². The SMILES string of the molecule is CC(C)C(O)(c1ccc(OC(F)(F)F)cc1)c1cnc[n+](C)c1. The molecule has 0 amide bonds. The van der Waals surface area contributed by atoms with Gasteiger partial charge in [-0.15, -0.1) is 13.2 Å². The van der Waals surface area contributed by atoms with Crippen LogP contribution < -0.4 is 9.30 Å². The lowest BCUT2D eigenvalue weighted by atomic mass is 9.79. The molecule has 0 fully saturated rings. The number of aromatic nitrogens is 2. The van der Waals surface area contributed by atoms with Crippen LogP contribution in [-0.2, 0) is 12.6 Å². The van der Waals surface area contributed by atoms with Gasteiger partial charge < -0.3 is 9.84 Å². The highest BCUT2D eigenvalue weighted by molar-refractivity contribution is 5.37. The number of rotatable bonds is 4. The molecule has 0 aliphatic carbocycles. The third-order valence-electron chi connectivity index (χ3n) is 3.61. The fraction of sp³-hybridized carbons (Fsp3) is 0.375. The van der Waals surface area contributed by atoms with E-state index in [0.717, 1.165) is 0 Å². The van der Waals surface area contributed by atoms with Crippen molar-refractivity contribution >= 4 is 0 Å². The van der Waals surface area contributed by atoms with E-state index < -0.39 is 12.0 Å². The zero-order chi connectivity index (χ0) is 17.3. The Balaban J connectivity index is 2.42. The van der Waals surface area contributed by atoms with Gasteiger partial charge in [0, 0.05) is 0 Å². The van der Waals surface area contributed by atoms with Crippen molar-refractivity contribution in [3.63, 3.8) is 0 Å². The summed E-state index contributed by atoms with van der Waals surface area (Å²) in [6.07, 6.45) is 0.116. The number of nitrogens with zero attached hydrogens (tertiary/aromatic N) is 2. The van der Waals surface area contributed by atoms with E-state index in [2.05, 4.69) is 9.72 Å². The van der Waals surface area contributed by atoms with Crippen molar-refractivity contribution in [2.75, 3.05) is 0 Å². The highest BCUT2D eigenvalue weighted by Gasteiger charge is 2.38. The van der Waals surface area contributed by atoms with E-state index in [9.17, 15) is 18.3 Å². The van der Waals surface area contributed by atoms with Gasteiger partial charge in [0.25, 0.3) is 6.33 Å². The Labute approximate surface area is 132 Å². The number of alkyl halides is 3. The van der Waals surface area contributed by atoms with Gasteiger partial charge in [0.2, 0.25) is 0 Å². The normalized spacial score (nSPS) is 14.6. The van der Waals surface area contributed by atoms with Crippen molar-refractivity contribution < 1.29 is 27.6 Å². The van der Waals surface area contributed by atoms with Crippen LogP contribution in [0.2, 0.25) is 0 Å². The van der Waals surface area contributed by atoms with Gasteiger partial charge in [-0.1, -0.05) is 31.0 Å². The predicted octanol–water partition coefficient (Wildman–Crippen LogP) is 2.70. The number of hydrogen-bond acceptors (Lipinski definition) is 3. The number of halogens is 3. The van der Waals surface area contributed by atoms with Gasteiger partial charge in [0.15, 0.2) is 0 Å². The molecule has 1 unspecified atom stereocenters. The van der Waals surface area contributed by atoms with Gasteiger partial charge in [-0.3, -0.25) is 0 Å². The van der Waals surface area contributed by atoms with E-state index in [1.165, 1.54) is 24.3 Å². The predicted molar refractivity (Wildman–Crippen MR) is 76.4 cm³/mol. The second-order valence-electron chi connectivity index (χ2n) is 5.64. The molecule has 124 valence electrons. The first-order valence-electron chi connectivity index (χ1n) is 7.02. The number of hydrogen-bond donors (Lipinski definition) is 1. The van der Waals surface area contributed by atoms with Gasteiger partial charge >= 0.3 is 6.36 Å². The molecule has 0 bridgehead atoms. The van der Waals surface area contributed by atoms with Crippen molar-refractivity contribution in [2.24, 2.45) is 13.0 Å². The zero-order valence-electron chi connectivity index (χ0n) is 13.0. The topological polar surface area (TPSA) is 46.2 Å². The summed E-state index contributed by atoms with van der Waals surface area (Å²) in [5.41, 5.74) is -0.347. The zero-order valence-corrected chi connectivity index (χ0v) is 13.0. The smallest absolute Gasteiger partial charge is 0.406 e. The van der Waals surface area contributed by atoms with E-state index in [4.69, 9.17) is 0 Å². The Morgan fingerprint density at radius 2 is 1.74 bits per heavy atom. The first kappa shape index (κ1) is 17.2. The van der Waals surface area contributed by atoms with Crippen molar-refractivity contribution in [1.29, 1.82) is 0 Å². The molecule has 0 aliphatic rings. The highest BCUT2D eigenvalue weighted by Crippen LogP contribution is 2.36. The first-order valence-corrected chi connectivity index (χ1v) is 7.02. The van der Waals surface area contributed by atoms with Crippen LogP contribution in [0.3, 0.4) is 0 Å². The van der Waals surface area contributed by atoms with E-state index in [1.807, 2.05) is 13.8 Å². The number of aliphatic hydroxyl groups is 1. The molecule has 0 radical (unpaired) electrons. The summed E-state index contributed by atoms with van der Waals surface area (Å²) >= 11 is 0. The lowest BCUT2D eigenvalue weighted by Gasteiger charge is -2.32. The van der Waals surface area contributed by atoms with Crippen LogP contribution in [0.15, 0.2) is 43.0 Å². The minimum absolute atomic E-state index is 0.221. The molecular weight excluding hydrogens is 309 g/mol. The summed E-state index contributed by atoms with van der Waals surface area (Å²) in [7, 11) is 1.78. The Morgan fingerprint density at radius 1 is 1.13 bits per heavy atom. The average Bonchev–Trinajstić information content (AvgIpc) is 2.45. The van der Waals surface area contributed by atoms with Crippen LogP contribution in [0.5, 0.6) is 5.75 Å². The maximum absolute atomic E-state index is 12.2. The molecule has 0 aliphatic heterocycles. The second kappa shape index (κ2) is 6.16. The van der Waals surface area contributed by atoms with Crippen LogP contribution in [0.1, 0.15) is 25.0 Å². The molecule has 0 spiro atoms. The Bertz CT molecular complexity index is 672. The number of ether oxygens (including phenoxy) is 1. The minimum Gasteiger partial charge on any atom is -0.406 e. The summed E-state index contributed by atoms with van der Waals surface area (Å²) in [6.45, 7) is 3.65. The van der Waals surface area contributed by atoms with Gasteiger partial charge in [0.1, 0.15) is 23.7 Å². The largest absolute Gasteiger partial charge is 0.573 e. The molecule has 2 aromatic rings. The molecule has 1 aromatic carbocycles. The van der Waals surface area contributed by atoms with Crippen LogP contribution in [-0.4, -0.2) is 16.5 Å². The van der Waals surface area contributed by atoms with Gasteiger partial charge in [-0.05, 0) is 23.6 Å². The average molecular weight is 327 g/mol. The van der Waals surface area contributed by atoms with E-state index in [-0.39, 0.29) is 11.7 Å². The summed E-state index contributed by atoms with van der Waals surface area (Å²) in [4.78, 5) is 4.05. The molecule has 2 rings (SSSR count). The third kappa shape index (κ3) is 3.79. The van der Waals surface area contributed by atoms with Crippen LogP contribution >= 0.6 is 0 Å². The van der Waals surface area contributed by atoms with Crippen LogP contribution in [0.4, 0.5) is 13.2 Å². The Hall–Kier alpha value is -2.15. The van der Waals surface area contributed by atoms with Gasteiger partial charge in [-0.25, -0.2) is 4.57 Å². The molecule has 4 nitrogen and oxygen atoms in total. The molecule has 1 N–H and O–H groups in total. The molecule has 7 heteroatoms. The van der Waals surface area contributed by atoms with Crippen LogP contribution in [0, 0.1) is 5.92 Å². The minimum atomic E-state index is -4.74. The third-order valence-corrected chi connectivity index (χ3v) is 3.61.